The van der Waals surface area contributed by atoms with Gasteiger partial charge in [0.1, 0.15) is 0 Å². The molecular formula is C4H9Br2NO3. The summed E-state index contributed by atoms with van der Waals surface area (Å²) in [5.74, 6) is -1.27. The van der Waals surface area contributed by atoms with Gasteiger partial charge in [0.25, 0.3) is 0 Å². The minimum absolute atomic E-state index is 0.736. The van der Waals surface area contributed by atoms with E-state index in [0.717, 1.165) is 11.9 Å². The Balaban J connectivity index is 0. The number of aliphatic hydroxyl groups excluding tert-OH is 1. The third-order valence-corrected chi connectivity index (χ3v) is 1.16. The average Bonchev–Trinajstić information content (AvgIpc) is 1.89. The van der Waals surface area contributed by atoms with Crippen LogP contribution in [0.15, 0.2) is 0 Å². The molecule has 0 saturated heterocycles. The van der Waals surface area contributed by atoms with Crippen LogP contribution in [0.2, 0.25) is 0 Å². The van der Waals surface area contributed by atoms with Gasteiger partial charge in [0.15, 0.2) is 0 Å². The number of halogens is 2. The van der Waals surface area contributed by atoms with Crippen molar-refractivity contribution in [3.63, 3.8) is 0 Å². The van der Waals surface area contributed by atoms with Crippen LogP contribution in [-0.2, 0) is 4.79 Å². The lowest BCUT2D eigenvalue weighted by Crippen LogP contribution is -2.09. The minimum Gasteiger partial charge on any atom is -0.479 e. The third kappa shape index (κ3) is 15.8. The van der Waals surface area contributed by atoms with Gasteiger partial charge in [0.2, 0.25) is 5.01 Å². The van der Waals surface area contributed by atoms with E-state index in [1.54, 1.807) is 0 Å². The molecule has 6 heteroatoms. The van der Waals surface area contributed by atoms with Gasteiger partial charge in [0, 0.05) is 11.9 Å². The van der Waals surface area contributed by atoms with Crippen LogP contribution < -0.4 is 5.73 Å². The monoisotopic (exact) mass is 277 g/mol. The molecule has 0 fully saturated rings. The SMILES string of the molecule is NCCBr.O=C(O)C(O)Br. The summed E-state index contributed by atoms with van der Waals surface area (Å²) in [4.78, 5) is 9.40. The maximum Gasteiger partial charge on any atom is 0.343 e. The van der Waals surface area contributed by atoms with Crippen molar-refractivity contribution in [2.75, 3.05) is 11.9 Å². The van der Waals surface area contributed by atoms with Crippen molar-refractivity contribution in [2.24, 2.45) is 5.73 Å². The van der Waals surface area contributed by atoms with E-state index in [1.807, 2.05) is 0 Å². The summed E-state index contributed by atoms with van der Waals surface area (Å²) < 4.78 is 0. The summed E-state index contributed by atoms with van der Waals surface area (Å²) in [5, 5.41) is 15.1. The molecule has 0 aliphatic heterocycles. The second-order valence-electron chi connectivity index (χ2n) is 1.15. The maximum atomic E-state index is 9.40. The van der Waals surface area contributed by atoms with E-state index in [0.29, 0.717) is 0 Å². The molecule has 0 radical (unpaired) electrons. The largest absolute Gasteiger partial charge is 0.479 e. The van der Waals surface area contributed by atoms with Crippen molar-refractivity contribution >= 4 is 37.8 Å². The van der Waals surface area contributed by atoms with Gasteiger partial charge in [-0.05, 0) is 15.9 Å². The molecule has 0 aromatic rings. The number of hydrogen-bond donors (Lipinski definition) is 3. The first-order valence-electron chi connectivity index (χ1n) is 2.37. The fraction of sp³-hybridized carbons (Fsp3) is 0.750. The summed E-state index contributed by atoms with van der Waals surface area (Å²) in [5.41, 5.74) is 4.98. The van der Waals surface area contributed by atoms with Gasteiger partial charge < -0.3 is 15.9 Å². The van der Waals surface area contributed by atoms with Crippen LogP contribution in [-0.4, -0.2) is 33.1 Å². The fourth-order valence-electron chi connectivity index (χ4n) is 0. The highest BCUT2D eigenvalue weighted by Crippen LogP contribution is 1.89. The maximum absolute atomic E-state index is 9.40. The van der Waals surface area contributed by atoms with E-state index in [1.165, 1.54) is 0 Å². The van der Waals surface area contributed by atoms with Crippen molar-refractivity contribution in [3.05, 3.63) is 0 Å². The van der Waals surface area contributed by atoms with Gasteiger partial charge in [-0.2, -0.15) is 0 Å². The molecule has 0 aliphatic carbocycles. The second kappa shape index (κ2) is 9.35. The Morgan fingerprint density at radius 3 is 1.90 bits per heavy atom. The first-order valence-corrected chi connectivity index (χ1v) is 4.41. The van der Waals surface area contributed by atoms with Crippen LogP contribution in [0, 0.1) is 0 Å². The van der Waals surface area contributed by atoms with Gasteiger partial charge in [-0.3, -0.25) is 0 Å². The summed E-state index contributed by atoms with van der Waals surface area (Å²) in [6, 6.07) is 0. The van der Waals surface area contributed by atoms with Crippen LogP contribution >= 0.6 is 31.9 Å². The van der Waals surface area contributed by atoms with E-state index in [-0.39, 0.29) is 0 Å². The Kier molecular flexibility index (Phi) is 12.1. The van der Waals surface area contributed by atoms with Gasteiger partial charge in [0.05, 0.1) is 0 Å². The highest BCUT2D eigenvalue weighted by Gasteiger charge is 2.04. The summed E-state index contributed by atoms with van der Waals surface area (Å²) in [6.45, 7) is 0.736. The number of carboxylic acid groups (broad SMARTS) is 1. The number of alkyl halides is 2. The third-order valence-electron chi connectivity index (χ3n) is 0.313. The van der Waals surface area contributed by atoms with Crippen LogP contribution in [0.5, 0.6) is 0 Å². The standard InChI is InChI=1S/C2H6BrN.C2H3BrO3/c3-1-2-4;3-1(4)2(5)6/h1-2,4H2;1,4H,(H,5,6). The smallest absolute Gasteiger partial charge is 0.343 e. The Morgan fingerprint density at radius 1 is 1.70 bits per heavy atom. The van der Waals surface area contributed by atoms with E-state index in [9.17, 15) is 4.79 Å². The Hall–Kier alpha value is 0.350. The van der Waals surface area contributed by atoms with Crippen LogP contribution in [0.4, 0.5) is 0 Å². The van der Waals surface area contributed by atoms with E-state index < -0.39 is 11.0 Å². The molecular weight excluding hydrogens is 270 g/mol. The Morgan fingerprint density at radius 2 is 1.90 bits per heavy atom. The predicted molar refractivity (Wildman–Crippen MR) is 45.4 cm³/mol. The Bertz CT molecular complexity index is 86.6. The second-order valence-corrected chi connectivity index (χ2v) is 2.81. The highest BCUT2D eigenvalue weighted by atomic mass is 79.9. The van der Waals surface area contributed by atoms with Crippen molar-refractivity contribution in [1.29, 1.82) is 0 Å². The molecule has 0 saturated carbocycles. The molecule has 62 valence electrons. The molecule has 4 nitrogen and oxygen atoms in total. The average molecular weight is 279 g/mol. The molecule has 0 aliphatic rings. The number of hydrogen-bond acceptors (Lipinski definition) is 3. The quantitative estimate of drug-likeness (QED) is 0.627. The van der Waals surface area contributed by atoms with E-state index in [4.69, 9.17) is 15.9 Å². The normalized spacial score (nSPS) is 11.2. The van der Waals surface area contributed by atoms with Gasteiger partial charge in [-0.15, -0.1) is 0 Å². The van der Waals surface area contributed by atoms with Crippen LogP contribution in [0.3, 0.4) is 0 Å². The van der Waals surface area contributed by atoms with E-state index >= 15 is 0 Å². The van der Waals surface area contributed by atoms with Gasteiger partial charge in [-0.25, -0.2) is 4.79 Å². The van der Waals surface area contributed by atoms with Crippen LogP contribution in [0.1, 0.15) is 0 Å². The summed E-state index contributed by atoms with van der Waals surface area (Å²) in [7, 11) is 0. The Labute approximate surface area is 75.7 Å². The molecule has 0 aromatic carbocycles. The molecule has 0 heterocycles. The molecule has 4 N–H and O–H groups in total. The lowest BCUT2D eigenvalue weighted by molar-refractivity contribution is -0.141. The molecule has 1 unspecified atom stereocenters. The molecule has 0 aromatic heterocycles. The fourth-order valence-corrected chi connectivity index (χ4v) is 0. The first kappa shape index (κ1) is 13.0. The highest BCUT2D eigenvalue weighted by molar-refractivity contribution is 9.09. The number of rotatable bonds is 2. The summed E-state index contributed by atoms with van der Waals surface area (Å²) in [6.07, 6.45) is 0. The van der Waals surface area contributed by atoms with Crippen LogP contribution in [0.25, 0.3) is 0 Å². The number of carbonyl (C=O) groups is 1. The van der Waals surface area contributed by atoms with Gasteiger partial charge in [-0.1, -0.05) is 15.9 Å². The molecule has 1 atom stereocenters. The van der Waals surface area contributed by atoms with Crippen molar-refractivity contribution in [2.45, 2.75) is 5.01 Å². The topological polar surface area (TPSA) is 83.6 Å². The van der Waals surface area contributed by atoms with Crippen molar-refractivity contribution < 1.29 is 15.0 Å². The van der Waals surface area contributed by atoms with Crippen molar-refractivity contribution in [1.82, 2.24) is 0 Å². The molecule has 0 amide bonds. The first-order chi connectivity index (χ1) is 4.56. The zero-order valence-electron chi connectivity index (χ0n) is 5.13. The molecule has 0 bridgehead atoms. The number of nitrogens with two attached hydrogens (primary N) is 1. The number of aliphatic carboxylic acids is 1. The lowest BCUT2D eigenvalue weighted by atomic mass is 10.8. The minimum atomic E-state index is -1.42. The molecule has 0 rings (SSSR count). The number of carboxylic acids is 1. The molecule has 10 heavy (non-hydrogen) atoms. The van der Waals surface area contributed by atoms with Gasteiger partial charge >= 0.3 is 5.97 Å². The van der Waals surface area contributed by atoms with Crippen molar-refractivity contribution in [3.8, 4) is 0 Å². The lowest BCUT2D eigenvalue weighted by Gasteiger charge is -1.86. The zero-order valence-corrected chi connectivity index (χ0v) is 8.30. The summed E-state index contributed by atoms with van der Waals surface area (Å²) >= 11 is 5.52. The van der Waals surface area contributed by atoms with E-state index in [2.05, 4.69) is 31.9 Å². The predicted octanol–water partition coefficient (Wildman–Crippen LogP) is 0.124. The number of aliphatic hydroxyl groups is 1. The molecule has 0 spiro atoms. The zero-order chi connectivity index (χ0) is 8.57.